The van der Waals surface area contributed by atoms with Crippen molar-refractivity contribution in [2.75, 3.05) is 13.7 Å². The summed E-state index contributed by atoms with van der Waals surface area (Å²) in [6, 6.07) is 13.0. The number of hydrogen-bond donors (Lipinski definition) is 1. The van der Waals surface area contributed by atoms with Crippen LogP contribution in [0.5, 0.6) is 5.75 Å². The fourth-order valence-corrected chi connectivity index (χ4v) is 2.38. The molecule has 0 radical (unpaired) electrons. The topological polar surface area (TPSA) is 34.1 Å². The van der Waals surface area contributed by atoms with Gasteiger partial charge in [-0.25, -0.2) is 0 Å². The number of methoxy groups -OCH3 is 1. The van der Waals surface area contributed by atoms with Gasteiger partial charge in [0.15, 0.2) is 0 Å². The van der Waals surface area contributed by atoms with Crippen LogP contribution in [0, 0.1) is 0 Å². The molecule has 2 rings (SSSR count). The van der Waals surface area contributed by atoms with E-state index in [4.69, 9.17) is 4.74 Å². The highest BCUT2D eigenvalue weighted by Gasteiger charge is 2.02. The molecule has 0 bridgehead atoms. The molecule has 0 aliphatic rings. The van der Waals surface area contributed by atoms with E-state index in [1.165, 1.54) is 11.1 Å². The zero-order valence-electron chi connectivity index (χ0n) is 12.9. The molecule has 3 heteroatoms. The van der Waals surface area contributed by atoms with E-state index in [0.29, 0.717) is 6.04 Å². The third kappa shape index (κ3) is 5.56. The molecule has 0 spiro atoms. The van der Waals surface area contributed by atoms with Crippen molar-refractivity contribution >= 4 is 0 Å². The Hall–Kier alpha value is -1.87. The number of nitrogens with zero attached hydrogens (tertiary/aromatic N) is 1. The van der Waals surface area contributed by atoms with Crippen molar-refractivity contribution in [3.63, 3.8) is 0 Å². The van der Waals surface area contributed by atoms with Gasteiger partial charge in [0.25, 0.3) is 0 Å². The van der Waals surface area contributed by atoms with E-state index in [0.717, 1.165) is 31.6 Å². The van der Waals surface area contributed by atoms with Gasteiger partial charge < -0.3 is 10.1 Å². The van der Waals surface area contributed by atoms with Crippen molar-refractivity contribution in [1.82, 2.24) is 10.3 Å². The first kappa shape index (κ1) is 15.5. The van der Waals surface area contributed by atoms with Crippen LogP contribution in [-0.2, 0) is 12.8 Å². The average molecular weight is 284 g/mol. The Labute approximate surface area is 127 Å². The number of pyridine rings is 1. The Morgan fingerprint density at radius 2 is 1.76 bits per heavy atom. The normalized spacial score (nSPS) is 12.1. The fourth-order valence-electron chi connectivity index (χ4n) is 2.38. The zero-order valence-corrected chi connectivity index (χ0v) is 12.9. The van der Waals surface area contributed by atoms with Gasteiger partial charge in [0.2, 0.25) is 0 Å². The first-order valence-electron chi connectivity index (χ1n) is 7.53. The van der Waals surface area contributed by atoms with Gasteiger partial charge in [-0.05, 0) is 68.1 Å². The average Bonchev–Trinajstić information content (AvgIpc) is 2.53. The first-order valence-corrected chi connectivity index (χ1v) is 7.53. The standard InChI is InChI=1S/C18H24N2O/c1-15(14-17-9-12-19-13-10-17)20-11-3-4-16-5-7-18(21-2)8-6-16/h5-10,12-13,15,20H,3-4,11,14H2,1-2H3. The van der Waals surface area contributed by atoms with E-state index >= 15 is 0 Å². The SMILES string of the molecule is COc1ccc(CCCNC(C)Cc2ccncc2)cc1. The maximum absolute atomic E-state index is 5.17. The number of aryl methyl sites for hydroxylation is 1. The van der Waals surface area contributed by atoms with Gasteiger partial charge in [-0.15, -0.1) is 0 Å². The summed E-state index contributed by atoms with van der Waals surface area (Å²) in [5, 5.41) is 3.58. The molecular weight excluding hydrogens is 260 g/mol. The molecule has 1 atom stereocenters. The number of hydrogen-bond acceptors (Lipinski definition) is 3. The summed E-state index contributed by atoms with van der Waals surface area (Å²) >= 11 is 0. The van der Waals surface area contributed by atoms with E-state index in [1.54, 1.807) is 7.11 Å². The van der Waals surface area contributed by atoms with Crippen molar-refractivity contribution in [1.29, 1.82) is 0 Å². The van der Waals surface area contributed by atoms with Crippen LogP contribution in [0.3, 0.4) is 0 Å². The van der Waals surface area contributed by atoms with Crippen LogP contribution >= 0.6 is 0 Å². The fraction of sp³-hybridized carbons (Fsp3) is 0.389. The van der Waals surface area contributed by atoms with E-state index in [-0.39, 0.29) is 0 Å². The third-order valence-electron chi connectivity index (χ3n) is 3.59. The summed E-state index contributed by atoms with van der Waals surface area (Å²) in [6.07, 6.45) is 6.99. The summed E-state index contributed by atoms with van der Waals surface area (Å²) < 4.78 is 5.17. The van der Waals surface area contributed by atoms with Crippen LogP contribution in [0.25, 0.3) is 0 Å². The lowest BCUT2D eigenvalue weighted by molar-refractivity contribution is 0.414. The molecule has 2 aromatic rings. The van der Waals surface area contributed by atoms with Crippen LogP contribution in [0.4, 0.5) is 0 Å². The number of rotatable bonds is 8. The second-order valence-electron chi connectivity index (χ2n) is 5.37. The van der Waals surface area contributed by atoms with E-state index < -0.39 is 0 Å². The summed E-state index contributed by atoms with van der Waals surface area (Å²) in [6.45, 7) is 3.27. The van der Waals surface area contributed by atoms with E-state index in [9.17, 15) is 0 Å². The second kappa shape index (κ2) is 8.42. The van der Waals surface area contributed by atoms with Crippen molar-refractivity contribution in [2.45, 2.75) is 32.2 Å². The van der Waals surface area contributed by atoms with Gasteiger partial charge >= 0.3 is 0 Å². The minimum absolute atomic E-state index is 0.489. The summed E-state index contributed by atoms with van der Waals surface area (Å²) in [4.78, 5) is 4.04. The van der Waals surface area contributed by atoms with Gasteiger partial charge in [0.1, 0.15) is 5.75 Å². The molecule has 1 aromatic carbocycles. The highest BCUT2D eigenvalue weighted by molar-refractivity contribution is 5.27. The zero-order chi connectivity index (χ0) is 14.9. The molecule has 3 nitrogen and oxygen atoms in total. The predicted molar refractivity (Wildman–Crippen MR) is 86.7 cm³/mol. The second-order valence-corrected chi connectivity index (χ2v) is 5.37. The summed E-state index contributed by atoms with van der Waals surface area (Å²) in [5.41, 5.74) is 2.69. The van der Waals surface area contributed by atoms with Gasteiger partial charge in [-0.3, -0.25) is 4.98 Å². The summed E-state index contributed by atoms with van der Waals surface area (Å²) in [7, 11) is 1.70. The molecule has 1 N–H and O–H groups in total. The molecule has 0 aliphatic carbocycles. The van der Waals surface area contributed by atoms with E-state index in [1.807, 2.05) is 24.5 Å². The Bertz CT molecular complexity index is 511. The lowest BCUT2D eigenvalue weighted by Crippen LogP contribution is -2.29. The highest BCUT2D eigenvalue weighted by Crippen LogP contribution is 2.12. The Morgan fingerprint density at radius 3 is 2.43 bits per heavy atom. The van der Waals surface area contributed by atoms with Crippen LogP contribution < -0.4 is 10.1 Å². The van der Waals surface area contributed by atoms with Crippen molar-refractivity contribution in [3.8, 4) is 5.75 Å². The number of ether oxygens (including phenoxy) is 1. The lowest BCUT2D eigenvalue weighted by atomic mass is 10.1. The largest absolute Gasteiger partial charge is 0.497 e. The van der Waals surface area contributed by atoms with Crippen molar-refractivity contribution in [3.05, 3.63) is 59.9 Å². The number of aromatic nitrogens is 1. The summed E-state index contributed by atoms with van der Waals surface area (Å²) in [5.74, 6) is 0.919. The smallest absolute Gasteiger partial charge is 0.118 e. The van der Waals surface area contributed by atoms with Crippen LogP contribution in [0.15, 0.2) is 48.8 Å². The maximum Gasteiger partial charge on any atom is 0.118 e. The molecule has 0 aliphatic heterocycles. The number of benzene rings is 1. The molecule has 1 aromatic heterocycles. The highest BCUT2D eigenvalue weighted by atomic mass is 16.5. The Kier molecular flexibility index (Phi) is 6.22. The van der Waals surface area contributed by atoms with Crippen molar-refractivity contribution < 1.29 is 4.74 Å². The molecule has 0 amide bonds. The molecule has 1 heterocycles. The van der Waals surface area contributed by atoms with Crippen LogP contribution in [-0.4, -0.2) is 24.7 Å². The predicted octanol–water partition coefficient (Wildman–Crippen LogP) is 3.24. The molecule has 0 saturated carbocycles. The Balaban J connectivity index is 1.64. The molecular formula is C18H24N2O. The molecule has 1 unspecified atom stereocenters. The van der Waals surface area contributed by atoms with E-state index in [2.05, 4.69) is 41.5 Å². The molecule has 0 saturated heterocycles. The third-order valence-corrected chi connectivity index (χ3v) is 3.59. The minimum Gasteiger partial charge on any atom is -0.497 e. The van der Waals surface area contributed by atoms with Crippen molar-refractivity contribution in [2.24, 2.45) is 0 Å². The monoisotopic (exact) mass is 284 g/mol. The molecule has 0 fully saturated rings. The first-order chi connectivity index (χ1) is 10.3. The Morgan fingerprint density at radius 1 is 1.05 bits per heavy atom. The van der Waals surface area contributed by atoms with Crippen LogP contribution in [0.1, 0.15) is 24.5 Å². The van der Waals surface area contributed by atoms with Gasteiger partial charge in [0.05, 0.1) is 7.11 Å². The number of nitrogens with one attached hydrogen (secondary N) is 1. The molecule has 112 valence electrons. The maximum atomic E-state index is 5.17. The lowest BCUT2D eigenvalue weighted by Gasteiger charge is -2.13. The quantitative estimate of drug-likeness (QED) is 0.756. The van der Waals surface area contributed by atoms with Gasteiger partial charge in [-0.2, -0.15) is 0 Å². The molecule has 21 heavy (non-hydrogen) atoms. The van der Waals surface area contributed by atoms with Crippen LogP contribution in [0.2, 0.25) is 0 Å². The van der Waals surface area contributed by atoms with Gasteiger partial charge in [0, 0.05) is 18.4 Å². The van der Waals surface area contributed by atoms with Gasteiger partial charge in [-0.1, -0.05) is 12.1 Å². The minimum atomic E-state index is 0.489.